The minimum atomic E-state index is -1.00. The van der Waals surface area contributed by atoms with E-state index in [4.69, 9.17) is 5.73 Å². The molecule has 0 saturated heterocycles. The molecule has 0 aliphatic carbocycles. The number of carboxylic acid groups (broad SMARTS) is 1. The number of nitrogen functional groups attached to an aromatic ring is 1. The standard InChI is InChI=1S/C16H15NO3/c17-13-8-6-12(7-9-13)15(18)10-14(16(19)20)11-4-2-1-3-5-11/h1-9,14H,10,17H2,(H,19,20)/t14-/m1/s1. The molecule has 4 heteroatoms. The third-order valence-corrected chi connectivity index (χ3v) is 3.12. The van der Waals surface area contributed by atoms with E-state index in [-0.39, 0.29) is 12.2 Å². The number of Topliss-reactive ketones (excluding diaryl/α,β-unsaturated/α-hetero) is 1. The molecular formula is C16H15NO3. The van der Waals surface area contributed by atoms with Gasteiger partial charge in [0, 0.05) is 17.7 Å². The molecule has 0 aromatic heterocycles. The zero-order chi connectivity index (χ0) is 14.5. The topological polar surface area (TPSA) is 80.4 Å². The fourth-order valence-corrected chi connectivity index (χ4v) is 2.01. The van der Waals surface area contributed by atoms with Gasteiger partial charge in [-0.15, -0.1) is 0 Å². The molecule has 1 atom stereocenters. The number of rotatable bonds is 5. The highest BCUT2D eigenvalue weighted by atomic mass is 16.4. The van der Waals surface area contributed by atoms with E-state index in [0.717, 1.165) is 0 Å². The molecule has 4 nitrogen and oxygen atoms in total. The first-order valence-corrected chi connectivity index (χ1v) is 6.24. The van der Waals surface area contributed by atoms with Crippen molar-refractivity contribution in [2.45, 2.75) is 12.3 Å². The number of benzene rings is 2. The third kappa shape index (κ3) is 3.23. The smallest absolute Gasteiger partial charge is 0.311 e. The van der Waals surface area contributed by atoms with Crippen molar-refractivity contribution in [2.75, 3.05) is 5.73 Å². The number of carboxylic acids is 1. The number of carbonyl (C=O) groups is 2. The number of hydrogen-bond donors (Lipinski definition) is 2. The van der Waals surface area contributed by atoms with Crippen LogP contribution < -0.4 is 5.73 Å². The number of hydrogen-bond acceptors (Lipinski definition) is 3. The highest BCUT2D eigenvalue weighted by Gasteiger charge is 2.23. The number of aliphatic carboxylic acids is 1. The van der Waals surface area contributed by atoms with Crippen LogP contribution in [0.3, 0.4) is 0 Å². The Hall–Kier alpha value is -2.62. The molecule has 0 unspecified atom stereocenters. The number of anilines is 1. The van der Waals surface area contributed by atoms with E-state index < -0.39 is 11.9 Å². The van der Waals surface area contributed by atoms with E-state index in [1.807, 2.05) is 6.07 Å². The van der Waals surface area contributed by atoms with Crippen molar-refractivity contribution in [1.29, 1.82) is 0 Å². The second-order valence-corrected chi connectivity index (χ2v) is 4.55. The van der Waals surface area contributed by atoms with Crippen LogP contribution in [0.5, 0.6) is 0 Å². The van der Waals surface area contributed by atoms with E-state index in [1.165, 1.54) is 0 Å². The van der Waals surface area contributed by atoms with Gasteiger partial charge in [-0.2, -0.15) is 0 Å². The second-order valence-electron chi connectivity index (χ2n) is 4.55. The van der Waals surface area contributed by atoms with Gasteiger partial charge in [-0.1, -0.05) is 30.3 Å². The van der Waals surface area contributed by atoms with E-state index in [9.17, 15) is 14.7 Å². The Kier molecular flexibility index (Phi) is 4.15. The van der Waals surface area contributed by atoms with Crippen molar-refractivity contribution in [3.8, 4) is 0 Å². The van der Waals surface area contributed by atoms with Crippen molar-refractivity contribution in [3.63, 3.8) is 0 Å². The molecule has 0 fully saturated rings. The first-order chi connectivity index (χ1) is 9.58. The zero-order valence-corrected chi connectivity index (χ0v) is 10.8. The molecule has 0 heterocycles. The maximum absolute atomic E-state index is 12.1. The van der Waals surface area contributed by atoms with Crippen LogP contribution in [-0.4, -0.2) is 16.9 Å². The third-order valence-electron chi connectivity index (χ3n) is 3.12. The monoisotopic (exact) mass is 269 g/mol. The van der Waals surface area contributed by atoms with Gasteiger partial charge in [0.25, 0.3) is 0 Å². The predicted molar refractivity (Wildman–Crippen MR) is 76.6 cm³/mol. The lowest BCUT2D eigenvalue weighted by Crippen LogP contribution is -2.16. The lowest BCUT2D eigenvalue weighted by molar-refractivity contribution is -0.138. The molecule has 0 aliphatic rings. The summed E-state index contributed by atoms with van der Waals surface area (Å²) >= 11 is 0. The quantitative estimate of drug-likeness (QED) is 0.646. The summed E-state index contributed by atoms with van der Waals surface area (Å²) in [6, 6.07) is 15.3. The summed E-state index contributed by atoms with van der Waals surface area (Å²) in [7, 11) is 0. The molecule has 0 spiro atoms. The highest BCUT2D eigenvalue weighted by Crippen LogP contribution is 2.22. The summed E-state index contributed by atoms with van der Waals surface area (Å²) < 4.78 is 0. The maximum atomic E-state index is 12.1. The zero-order valence-electron chi connectivity index (χ0n) is 10.8. The summed E-state index contributed by atoms with van der Waals surface area (Å²) in [6.45, 7) is 0. The van der Waals surface area contributed by atoms with Gasteiger partial charge >= 0.3 is 5.97 Å². The van der Waals surface area contributed by atoms with Crippen LogP contribution in [0.25, 0.3) is 0 Å². The highest BCUT2D eigenvalue weighted by molar-refractivity contribution is 5.99. The molecule has 2 rings (SSSR count). The van der Waals surface area contributed by atoms with Gasteiger partial charge in [0.15, 0.2) is 5.78 Å². The van der Waals surface area contributed by atoms with Gasteiger partial charge in [-0.05, 0) is 29.8 Å². The molecule has 0 amide bonds. The number of ketones is 1. The summed E-state index contributed by atoms with van der Waals surface area (Å²) in [4.78, 5) is 23.5. The Labute approximate surface area is 116 Å². The molecule has 102 valence electrons. The first kappa shape index (κ1) is 13.8. The van der Waals surface area contributed by atoms with Crippen LogP contribution in [0.15, 0.2) is 54.6 Å². The normalized spacial score (nSPS) is 11.8. The van der Waals surface area contributed by atoms with Crippen molar-refractivity contribution >= 4 is 17.4 Å². The Morgan fingerprint density at radius 1 is 1.00 bits per heavy atom. The Morgan fingerprint density at radius 3 is 2.15 bits per heavy atom. The van der Waals surface area contributed by atoms with Gasteiger partial charge in [0.05, 0.1) is 5.92 Å². The minimum absolute atomic E-state index is 0.0662. The van der Waals surface area contributed by atoms with Gasteiger partial charge < -0.3 is 10.8 Å². The Balaban J connectivity index is 2.19. The first-order valence-electron chi connectivity index (χ1n) is 6.24. The molecule has 0 saturated carbocycles. The summed E-state index contributed by atoms with van der Waals surface area (Å²) in [5.41, 5.74) is 7.23. The summed E-state index contributed by atoms with van der Waals surface area (Å²) in [5.74, 6) is -2.04. The largest absolute Gasteiger partial charge is 0.481 e. The second kappa shape index (κ2) is 6.02. The predicted octanol–water partition coefficient (Wildman–Crippen LogP) is 2.71. The number of carbonyl (C=O) groups excluding carboxylic acids is 1. The molecule has 0 radical (unpaired) electrons. The fraction of sp³-hybridized carbons (Fsp3) is 0.125. The van der Waals surface area contributed by atoms with Crippen LogP contribution in [0.1, 0.15) is 28.3 Å². The van der Waals surface area contributed by atoms with E-state index in [0.29, 0.717) is 16.8 Å². The Bertz CT molecular complexity index is 605. The SMILES string of the molecule is Nc1ccc(C(=O)C[C@@H](C(=O)O)c2ccccc2)cc1. The molecule has 2 aromatic carbocycles. The van der Waals surface area contributed by atoms with Gasteiger partial charge in [-0.3, -0.25) is 9.59 Å². The number of nitrogens with two attached hydrogens (primary N) is 1. The molecule has 0 bridgehead atoms. The van der Waals surface area contributed by atoms with Crippen molar-refractivity contribution < 1.29 is 14.7 Å². The lowest BCUT2D eigenvalue weighted by atomic mass is 9.91. The van der Waals surface area contributed by atoms with Gasteiger partial charge in [0.2, 0.25) is 0 Å². The Morgan fingerprint density at radius 2 is 1.60 bits per heavy atom. The van der Waals surface area contributed by atoms with E-state index in [2.05, 4.69) is 0 Å². The van der Waals surface area contributed by atoms with Crippen LogP contribution in [0.2, 0.25) is 0 Å². The van der Waals surface area contributed by atoms with Crippen molar-refractivity contribution in [2.24, 2.45) is 0 Å². The van der Waals surface area contributed by atoms with Crippen LogP contribution >= 0.6 is 0 Å². The molecule has 2 aromatic rings. The van der Waals surface area contributed by atoms with E-state index in [1.54, 1.807) is 48.5 Å². The van der Waals surface area contributed by atoms with Gasteiger partial charge in [0.1, 0.15) is 0 Å². The average Bonchev–Trinajstić information content (AvgIpc) is 2.46. The lowest BCUT2D eigenvalue weighted by Gasteiger charge is -2.12. The summed E-state index contributed by atoms with van der Waals surface area (Å²) in [5, 5.41) is 9.29. The van der Waals surface area contributed by atoms with Gasteiger partial charge in [-0.25, -0.2) is 0 Å². The van der Waals surface area contributed by atoms with Crippen molar-refractivity contribution in [1.82, 2.24) is 0 Å². The maximum Gasteiger partial charge on any atom is 0.311 e. The molecule has 3 N–H and O–H groups in total. The van der Waals surface area contributed by atoms with Crippen LogP contribution in [0, 0.1) is 0 Å². The van der Waals surface area contributed by atoms with Crippen LogP contribution in [0.4, 0.5) is 5.69 Å². The van der Waals surface area contributed by atoms with Crippen molar-refractivity contribution in [3.05, 3.63) is 65.7 Å². The molecular weight excluding hydrogens is 254 g/mol. The average molecular weight is 269 g/mol. The minimum Gasteiger partial charge on any atom is -0.481 e. The fourth-order valence-electron chi connectivity index (χ4n) is 2.01. The summed E-state index contributed by atoms with van der Waals surface area (Å²) in [6.07, 6.45) is -0.0662. The van der Waals surface area contributed by atoms with E-state index >= 15 is 0 Å². The molecule has 0 aliphatic heterocycles. The molecule has 20 heavy (non-hydrogen) atoms. The van der Waals surface area contributed by atoms with Crippen LogP contribution in [-0.2, 0) is 4.79 Å².